The Bertz CT molecular complexity index is 560. The summed E-state index contributed by atoms with van der Waals surface area (Å²) in [6.45, 7) is 8.08. The standard InChI is InChI=1S/C18H26N2O3/c1-10(18(2,3)4)19(5)13(21)9-20-16(22)14-11-6-7-12(8-11)15(14)17(20)23/h6-7,10-12,14-15H,8-9H2,1-5H3. The molecular weight excluding hydrogens is 292 g/mol. The van der Waals surface area contributed by atoms with Crippen LogP contribution in [0.4, 0.5) is 0 Å². The van der Waals surface area contributed by atoms with Gasteiger partial charge < -0.3 is 4.90 Å². The number of allylic oxidation sites excluding steroid dienone is 2. The van der Waals surface area contributed by atoms with E-state index in [1.54, 1.807) is 11.9 Å². The van der Waals surface area contributed by atoms with Gasteiger partial charge in [0, 0.05) is 13.1 Å². The van der Waals surface area contributed by atoms with Crippen LogP contribution >= 0.6 is 0 Å². The van der Waals surface area contributed by atoms with Gasteiger partial charge in [0.2, 0.25) is 17.7 Å². The Hall–Kier alpha value is -1.65. The zero-order valence-electron chi connectivity index (χ0n) is 14.6. The summed E-state index contributed by atoms with van der Waals surface area (Å²) in [5, 5.41) is 0. The van der Waals surface area contributed by atoms with Gasteiger partial charge in [0.15, 0.2) is 0 Å². The summed E-state index contributed by atoms with van der Waals surface area (Å²) in [6.07, 6.45) is 5.04. The highest BCUT2D eigenvalue weighted by Crippen LogP contribution is 2.52. The molecule has 5 atom stereocenters. The topological polar surface area (TPSA) is 57.7 Å². The number of carbonyl (C=O) groups excluding carboxylic acids is 3. The van der Waals surface area contributed by atoms with E-state index in [-0.39, 0.29) is 59.4 Å². The van der Waals surface area contributed by atoms with E-state index < -0.39 is 0 Å². The number of likely N-dealkylation sites (tertiary alicyclic amines) is 1. The molecule has 1 saturated heterocycles. The lowest BCUT2D eigenvalue weighted by atomic mass is 9.85. The van der Waals surface area contributed by atoms with Crippen molar-refractivity contribution in [3.8, 4) is 0 Å². The Kier molecular flexibility index (Phi) is 3.65. The summed E-state index contributed by atoms with van der Waals surface area (Å²) in [5.74, 6) is -0.551. The van der Waals surface area contributed by atoms with Crippen LogP contribution in [-0.4, -0.2) is 47.2 Å². The van der Waals surface area contributed by atoms with Crippen LogP contribution in [0.1, 0.15) is 34.1 Å². The number of carbonyl (C=O) groups is 3. The van der Waals surface area contributed by atoms with E-state index in [1.807, 2.05) is 6.92 Å². The van der Waals surface area contributed by atoms with E-state index in [4.69, 9.17) is 0 Å². The molecule has 5 nitrogen and oxygen atoms in total. The Morgan fingerprint density at radius 1 is 1.22 bits per heavy atom. The number of amides is 3. The van der Waals surface area contributed by atoms with E-state index in [0.717, 1.165) is 6.42 Å². The highest BCUT2D eigenvalue weighted by Gasteiger charge is 2.59. The summed E-state index contributed by atoms with van der Waals surface area (Å²) < 4.78 is 0. The number of likely N-dealkylation sites (N-methyl/N-ethyl adjacent to an activating group) is 1. The normalized spacial score (nSPS) is 33.3. The molecule has 5 heteroatoms. The summed E-state index contributed by atoms with van der Waals surface area (Å²) in [7, 11) is 1.75. The first-order chi connectivity index (χ1) is 10.6. The van der Waals surface area contributed by atoms with E-state index in [0.29, 0.717) is 0 Å². The van der Waals surface area contributed by atoms with E-state index in [9.17, 15) is 14.4 Å². The van der Waals surface area contributed by atoms with Crippen molar-refractivity contribution in [3.63, 3.8) is 0 Å². The van der Waals surface area contributed by atoms with Crippen LogP contribution in [0.25, 0.3) is 0 Å². The number of imide groups is 1. The summed E-state index contributed by atoms with van der Waals surface area (Å²) in [6, 6.07) is 0.0279. The molecule has 0 N–H and O–H groups in total. The lowest BCUT2D eigenvalue weighted by Gasteiger charge is -2.36. The van der Waals surface area contributed by atoms with Crippen LogP contribution in [0.15, 0.2) is 12.2 Å². The maximum atomic E-state index is 12.6. The van der Waals surface area contributed by atoms with Crippen LogP contribution in [0, 0.1) is 29.1 Å². The van der Waals surface area contributed by atoms with Crippen molar-refractivity contribution in [3.05, 3.63) is 12.2 Å². The third kappa shape index (κ3) is 2.41. The van der Waals surface area contributed by atoms with Crippen molar-refractivity contribution in [2.75, 3.05) is 13.6 Å². The number of fused-ring (bicyclic) bond motifs is 5. The molecule has 3 amide bonds. The fraction of sp³-hybridized carbons (Fsp3) is 0.722. The van der Waals surface area contributed by atoms with Gasteiger partial charge in [-0.05, 0) is 30.6 Å². The smallest absolute Gasteiger partial charge is 0.242 e. The number of rotatable bonds is 3. The Balaban J connectivity index is 1.71. The van der Waals surface area contributed by atoms with Gasteiger partial charge in [-0.1, -0.05) is 32.9 Å². The second-order valence-corrected chi connectivity index (χ2v) is 8.31. The predicted molar refractivity (Wildman–Crippen MR) is 86.1 cm³/mol. The molecular formula is C18H26N2O3. The Morgan fingerprint density at radius 2 is 1.70 bits per heavy atom. The molecule has 3 aliphatic rings. The number of hydrogen-bond acceptors (Lipinski definition) is 3. The minimum atomic E-state index is -0.226. The summed E-state index contributed by atoms with van der Waals surface area (Å²) >= 11 is 0. The lowest BCUT2D eigenvalue weighted by Crippen LogP contribution is -2.48. The van der Waals surface area contributed by atoms with Crippen LogP contribution < -0.4 is 0 Å². The molecule has 0 aromatic rings. The minimum Gasteiger partial charge on any atom is -0.341 e. The van der Waals surface area contributed by atoms with Gasteiger partial charge in [0.25, 0.3) is 0 Å². The molecule has 1 aliphatic heterocycles. The van der Waals surface area contributed by atoms with E-state index in [1.165, 1.54) is 4.90 Å². The zero-order valence-corrected chi connectivity index (χ0v) is 14.6. The molecule has 3 rings (SSSR count). The minimum absolute atomic E-state index is 0.0279. The highest BCUT2D eigenvalue weighted by atomic mass is 16.2. The fourth-order valence-corrected chi connectivity index (χ4v) is 4.16. The molecule has 0 aromatic carbocycles. The molecule has 0 radical (unpaired) electrons. The Labute approximate surface area is 137 Å². The molecule has 0 spiro atoms. The molecule has 5 unspecified atom stereocenters. The largest absolute Gasteiger partial charge is 0.341 e. The van der Waals surface area contributed by atoms with Crippen molar-refractivity contribution < 1.29 is 14.4 Å². The number of nitrogens with zero attached hydrogens (tertiary/aromatic N) is 2. The monoisotopic (exact) mass is 318 g/mol. The predicted octanol–water partition coefficient (Wildman–Crippen LogP) is 1.69. The highest BCUT2D eigenvalue weighted by molar-refractivity contribution is 6.08. The van der Waals surface area contributed by atoms with Gasteiger partial charge in [0.1, 0.15) is 6.54 Å². The molecule has 126 valence electrons. The fourth-order valence-electron chi connectivity index (χ4n) is 4.16. The van der Waals surface area contributed by atoms with Crippen molar-refractivity contribution in [1.82, 2.24) is 9.80 Å². The molecule has 2 aliphatic carbocycles. The molecule has 23 heavy (non-hydrogen) atoms. The van der Waals surface area contributed by atoms with Crippen molar-refractivity contribution in [2.24, 2.45) is 29.1 Å². The van der Waals surface area contributed by atoms with Gasteiger partial charge in [-0.15, -0.1) is 0 Å². The average molecular weight is 318 g/mol. The number of hydrogen-bond donors (Lipinski definition) is 0. The molecule has 0 aromatic heterocycles. The summed E-state index contributed by atoms with van der Waals surface area (Å²) in [5.41, 5.74) is -0.0526. The maximum absolute atomic E-state index is 12.6. The van der Waals surface area contributed by atoms with Gasteiger partial charge >= 0.3 is 0 Å². The molecule has 1 heterocycles. The van der Waals surface area contributed by atoms with Crippen LogP contribution in [0.2, 0.25) is 0 Å². The van der Waals surface area contributed by atoms with Gasteiger partial charge in [-0.25, -0.2) is 0 Å². The zero-order chi connectivity index (χ0) is 17.1. The van der Waals surface area contributed by atoms with Gasteiger partial charge in [-0.2, -0.15) is 0 Å². The molecule has 2 bridgehead atoms. The first kappa shape index (κ1) is 16.2. The Morgan fingerprint density at radius 3 is 2.13 bits per heavy atom. The average Bonchev–Trinajstić information content (AvgIpc) is 3.14. The van der Waals surface area contributed by atoms with E-state index >= 15 is 0 Å². The van der Waals surface area contributed by atoms with Crippen molar-refractivity contribution in [2.45, 2.75) is 40.2 Å². The second-order valence-electron chi connectivity index (χ2n) is 8.31. The van der Waals surface area contributed by atoms with Gasteiger partial charge in [0.05, 0.1) is 11.8 Å². The third-order valence-electron chi connectivity index (χ3n) is 6.08. The SMILES string of the molecule is CC(N(C)C(=O)CN1C(=O)C2C3C=CC(C3)C2C1=O)C(C)(C)C. The first-order valence-corrected chi connectivity index (χ1v) is 8.42. The third-order valence-corrected chi connectivity index (χ3v) is 6.08. The van der Waals surface area contributed by atoms with Crippen LogP contribution in [0.3, 0.4) is 0 Å². The summed E-state index contributed by atoms with van der Waals surface area (Å²) in [4.78, 5) is 40.6. The van der Waals surface area contributed by atoms with E-state index in [2.05, 4.69) is 32.9 Å². The van der Waals surface area contributed by atoms with Crippen LogP contribution in [-0.2, 0) is 14.4 Å². The quantitative estimate of drug-likeness (QED) is 0.588. The second kappa shape index (κ2) is 5.18. The molecule has 2 fully saturated rings. The lowest BCUT2D eigenvalue weighted by molar-refractivity contribution is -0.148. The maximum Gasteiger partial charge on any atom is 0.242 e. The van der Waals surface area contributed by atoms with Gasteiger partial charge in [-0.3, -0.25) is 19.3 Å². The first-order valence-electron chi connectivity index (χ1n) is 8.42. The van der Waals surface area contributed by atoms with Crippen molar-refractivity contribution in [1.29, 1.82) is 0 Å². The molecule has 1 saturated carbocycles. The van der Waals surface area contributed by atoms with Crippen molar-refractivity contribution >= 4 is 17.7 Å². The van der Waals surface area contributed by atoms with Crippen LogP contribution in [0.5, 0.6) is 0 Å².